The number of ether oxygens (including phenoxy) is 2. The van der Waals surface area contributed by atoms with Crippen LogP contribution < -0.4 is 0 Å². The molecular formula is C36H60O9. The van der Waals surface area contributed by atoms with Crippen LogP contribution in [-0.4, -0.2) is 97.5 Å². The van der Waals surface area contributed by atoms with E-state index in [-0.39, 0.29) is 44.8 Å². The van der Waals surface area contributed by atoms with Crippen LogP contribution >= 0.6 is 0 Å². The first-order valence-corrected chi connectivity index (χ1v) is 17.4. The van der Waals surface area contributed by atoms with E-state index in [9.17, 15) is 35.7 Å². The molecule has 5 aliphatic carbocycles. The molecule has 258 valence electrons. The lowest BCUT2D eigenvalue weighted by Crippen LogP contribution is -2.70. The first kappa shape index (κ1) is 34.3. The molecule has 9 nitrogen and oxygen atoms in total. The highest BCUT2D eigenvalue weighted by atomic mass is 16.7. The van der Waals surface area contributed by atoms with Gasteiger partial charge in [-0.2, -0.15) is 0 Å². The molecule has 7 N–H and O–H groups in total. The number of aliphatic hydroxyl groups excluding tert-OH is 7. The van der Waals surface area contributed by atoms with Crippen molar-refractivity contribution in [2.45, 2.75) is 155 Å². The zero-order chi connectivity index (χ0) is 33.3. The topological polar surface area (TPSA) is 160 Å². The average Bonchev–Trinajstić information content (AvgIpc) is 2.92. The van der Waals surface area contributed by atoms with Crippen LogP contribution in [0.3, 0.4) is 0 Å². The lowest BCUT2D eigenvalue weighted by molar-refractivity contribution is -0.334. The first-order valence-electron chi connectivity index (χ1n) is 17.4. The lowest BCUT2D eigenvalue weighted by Gasteiger charge is -2.73. The molecule has 4 saturated carbocycles. The molecule has 5 fully saturated rings. The molecule has 1 aliphatic heterocycles. The second kappa shape index (κ2) is 10.7. The van der Waals surface area contributed by atoms with Crippen LogP contribution in [0.5, 0.6) is 0 Å². The molecule has 6 aliphatic rings. The lowest BCUT2D eigenvalue weighted by atomic mass is 9.33. The van der Waals surface area contributed by atoms with Crippen LogP contribution in [-0.2, 0) is 9.47 Å². The fourth-order valence-corrected chi connectivity index (χ4v) is 12.4. The number of hydrogen-bond acceptors (Lipinski definition) is 9. The predicted octanol–water partition coefficient (Wildman–Crippen LogP) is 2.91. The fourth-order valence-electron chi connectivity index (χ4n) is 12.4. The zero-order valence-corrected chi connectivity index (χ0v) is 28.6. The van der Waals surface area contributed by atoms with E-state index < -0.39 is 67.1 Å². The summed E-state index contributed by atoms with van der Waals surface area (Å²) in [4.78, 5) is 0. The Morgan fingerprint density at radius 1 is 0.800 bits per heavy atom. The Kier molecular flexibility index (Phi) is 8.13. The summed E-state index contributed by atoms with van der Waals surface area (Å²) in [6.07, 6.45) is -1.22. The van der Waals surface area contributed by atoms with E-state index in [0.29, 0.717) is 25.7 Å². The Morgan fingerprint density at radius 2 is 1.47 bits per heavy atom. The van der Waals surface area contributed by atoms with Crippen LogP contribution in [0, 0.1) is 50.2 Å². The van der Waals surface area contributed by atoms with E-state index in [4.69, 9.17) is 9.47 Å². The highest BCUT2D eigenvalue weighted by Crippen LogP contribution is 2.75. The number of hydrogen-bond donors (Lipinski definition) is 7. The summed E-state index contributed by atoms with van der Waals surface area (Å²) in [5.41, 5.74) is -0.526. The number of allylic oxidation sites excluding steroid dienone is 2. The van der Waals surface area contributed by atoms with Crippen molar-refractivity contribution in [2.24, 2.45) is 50.2 Å². The third-order valence-corrected chi connectivity index (χ3v) is 15.3. The van der Waals surface area contributed by atoms with Crippen molar-refractivity contribution >= 4 is 0 Å². The van der Waals surface area contributed by atoms with Gasteiger partial charge in [0.25, 0.3) is 0 Å². The Balaban J connectivity index is 1.32. The van der Waals surface area contributed by atoms with Gasteiger partial charge in [-0.15, -0.1) is 0 Å². The summed E-state index contributed by atoms with van der Waals surface area (Å²) in [5, 5.41) is 76.3. The standard InChI is InChI=1S/C36H60O9/c1-31(2)13-19-18-9-10-22-33(5)12-11-25(45-30-28(43)27(42)26(41)21(17-37)44-30)32(3,4)29(33)20(38)14-36(22,8)35(18,7)16-24(40)34(19,6)15-23(31)39/h9,19-30,37-43H,10-17H2,1-8H3/t19-,20-,21-,22-,23+,24+,25+,26-,27+,28-,29?,30+,33-,34+,35-,36-/m1/s1. The van der Waals surface area contributed by atoms with Crippen LogP contribution in [0.1, 0.15) is 100 Å². The van der Waals surface area contributed by atoms with Crippen LogP contribution in [0.2, 0.25) is 0 Å². The minimum atomic E-state index is -1.51. The third kappa shape index (κ3) is 4.58. The van der Waals surface area contributed by atoms with Gasteiger partial charge in [0.15, 0.2) is 6.29 Å². The Hall–Kier alpha value is -0.620. The molecule has 0 bridgehead atoms. The molecule has 1 unspecified atom stereocenters. The van der Waals surface area contributed by atoms with Crippen molar-refractivity contribution in [2.75, 3.05) is 6.61 Å². The van der Waals surface area contributed by atoms with E-state index in [1.54, 1.807) is 0 Å². The van der Waals surface area contributed by atoms with Crippen molar-refractivity contribution in [1.29, 1.82) is 0 Å². The van der Waals surface area contributed by atoms with Gasteiger partial charge in [0.1, 0.15) is 24.4 Å². The van der Waals surface area contributed by atoms with Gasteiger partial charge in [-0.1, -0.05) is 67.0 Å². The molecule has 0 aromatic heterocycles. The Bertz CT molecular complexity index is 1190. The largest absolute Gasteiger partial charge is 0.394 e. The minimum absolute atomic E-state index is 0.118. The van der Waals surface area contributed by atoms with E-state index in [0.717, 1.165) is 19.3 Å². The van der Waals surface area contributed by atoms with E-state index in [1.165, 1.54) is 5.57 Å². The smallest absolute Gasteiger partial charge is 0.186 e. The number of fused-ring (bicyclic) bond motifs is 7. The van der Waals surface area contributed by atoms with Gasteiger partial charge in [0.05, 0.1) is 31.0 Å². The maximum atomic E-state index is 12.3. The van der Waals surface area contributed by atoms with Gasteiger partial charge in [0, 0.05) is 5.41 Å². The third-order valence-electron chi connectivity index (χ3n) is 15.3. The highest BCUT2D eigenvalue weighted by molar-refractivity contribution is 5.35. The van der Waals surface area contributed by atoms with Crippen molar-refractivity contribution in [3.8, 4) is 0 Å². The van der Waals surface area contributed by atoms with Crippen LogP contribution in [0.15, 0.2) is 11.6 Å². The normalized spacial score (nSPS) is 57.1. The van der Waals surface area contributed by atoms with Gasteiger partial charge in [-0.05, 0) is 89.8 Å². The molecule has 0 spiro atoms. The average molecular weight is 637 g/mol. The molecule has 1 heterocycles. The number of aliphatic hydroxyl groups is 7. The van der Waals surface area contributed by atoms with Gasteiger partial charge in [0.2, 0.25) is 0 Å². The van der Waals surface area contributed by atoms with Crippen LogP contribution in [0.4, 0.5) is 0 Å². The molecule has 9 heteroatoms. The van der Waals surface area contributed by atoms with Crippen molar-refractivity contribution in [1.82, 2.24) is 0 Å². The molecule has 0 aromatic rings. The second-order valence-electron chi connectivity index (χ2n) is 18.3. The van der Waals surface area contributed by atoms with Crippen molar-refractivity contribution in [3.05, 3.63) is 11.6 Å². The monoisotopic (exact) mass is 636 g/mol. The summed E-state index contributed by atoms with van der Waals surface area (Å²) >= 11 is 0. The zero-order valence-electron chi connectivity index (χ0n) is 28.6. The molecule has 0 aromatic carbocycles. The maximum absolute atomic E-state index is 12.3. The second-order valence-corrected chi connectivity index (χ2v) is 18.3. The molecule has 0 radical (unpaired) electrons. The number of rotatable bonds is 3. The molecule has 45 heavy (non-hydrogen) atoms. The van der Waals surface area contributed by atoms with Crippen LogP contribution in [0.25, 0.3) is 0 Å². The first-order chi connectivity index (χ1) is 20.7. The van der Waals surface area contributed by atoms with Crippen molar-refractivity contribution in [3.63, 3.8) is 0 Å². The summed E-state index contributed by atoms with van der Waals surface area (Å²) in [7, 11) is 0. The van der Waals surface area contributed by atoms with E-state index in [1.807, 2.05) is 0 Å². The Labute approximate surface area is 269 Å². The summed E-state index contributed by atoms with van der Waals surface area (Å²) in [6.45, 7) is 17.2. The van der Waals surface area contributed by atoms with E-state index >= 15 is 0 Å². The SMILES string of the molecule is CC1(C)C[C@@H]2C3=CC[C@@H]4[C@@]5(C)CC[C@H](O[C@@H]6O[C@H](CO)[C@@H](O)[C@H](O)[C@H]6O)C(C)(C)C5[C@H](O)C[C@@]4(C)[C@]3(C)C[C@H](O)[C@@]2(C)C[C@@H]1O. The Morgan fingerprint density at radius 3 is 2.11 bits per heavy atom. The molecular weight excluding hydrogens is 576 g/mol. The minimum Gasteiger partial charge on any atom is -0.394 e. The van der Waals surface area contributed by atoms with Gasteiger partial charge in [-0.25, -0.2) is 0 Å². The van der Waals surface area contributed by atoms with E-state index in [2.05, 4.69) is 61.5 Å². The highest BCUT2D eigenvalue weighted by Gasteiger charge is 2.71. The molecule has 1 saturated heterocycles. The van der Waals surface area contributed by atoms with Gasteiger partial charge in [-0.3, -0.25) is 0 Å². The van der Waals surface area contributed by atoms with Gasteiger partial charge >= 0.3 is 0 Å². The summed E-state index contributed by atoms with van der Waals surface area (Å²) in [6, 6.07) is 0. The summed E-state index contributed by atoms with van der Waals surface area (Å²) < 4.78 is 12.1. The molecule has 16 atom stereocenters. The molecule has 6 rings (SSSR count). The van der Waals surface area contributed by atoms with Gasteiger partial charge < -0.3 is 45.2 Å². The summed E-state index contributed by atoms with van der Waals surface area (Å²) in [5.74, 6) is 0.315. The fraction of sp³-hybridized carbons (Fsp3) is 0.944. The molecule has 0 amide bonds. The predicted molar refractivity (Wildman–Crippen MR) is 168 cm³/mol. The van der Waals surface area contributed by atoms with Crippen molar-refractivity contribution < 1.29 is 45.2 Å². The maximum Gasteiger partial charge on any atom is 0.186 e. The quantitative estimate of drug-likeness (QED) is 0.183.